The van der Waals surface area contributed by atoms with Crippen LogP contribution in [-0.2, 0) is 16.6 Å². The van der Waals surface area contributed by atoms with Crippen LogP contribution in [0.3, 0.4) is 0 Å². The minimum atomic E-state index is -3.80. The van der Waals surface area contributed by atoms with Gasteiger partial charge >= 0.3 is 0 Å². The van der Waals surface area contributed by atoms with E-state index in [1.807, 2.05) is 0 Å². The van der Waals surface area contributed by atoms with Crippen molar-refractivity contribution in [2.24, 2.45) is 0 Å². The van der Waals surface area contributed by atoms with Crippen LogP contribution >= 0.6 is 11.6 Å². The first-order valence-electron chi connectivity index (χ1n) is 5.67. The summed E-state index contributed by atoms with van der Waals surface area (Å²) in [6, 6.07) is 10.1. The number of rotatable bonds is 4. The SMILES string of the molecule is Nc1ccc(S(=O)(=O)NCc2cccc(Cl)c2)cc1F. The van der Waals surface area contributed by atoms with Gasteiger partial charge in [0.2, 0.25) is 10.0 Å². The molecule has 0 aliphatic carbocycles. The fourth-order valence-corrected chi connectivity index (χ4v) is 2.83. The van der Waals surface area contributed by atoms with E-state index in [0.29, 0.717) is 10.6 Å². The second kappa shape index (κ2) is 5.78. The molecule has 0 aromatic heterocycles. The third-order valence-corrected chi connectivity index (χ3v) is 4.27. The van der Waals surface area contributed by atoms with E-state index in [9.17, 15) is 12.8 Å². The predicted molar refractivity (Wildman–Crippen MR) is 76.3 cm³/mol. The number of nitrogens with two attached hydrogens (primary N) is 1. The lowest BCUT2D eigenvalue weighted by molar-refractivity contribution is 0.578. The van der Waals surface area contributed by atoms with Gasteiger partial charge in [-0.15, -0.1) is 0 Å². The summed E-state index contributed by atoms with van der Waals surface area (Å²) in [5.41, 5.74) is 5.92. The molecule has 0 atom stereocenters. The van der Waals surface area contributed by atoms with Crippen molar-refractivity contribution < 1.29 is 12.8 Å². The summed E-state index contributed by atoms with van der Waals surface area (Å²) < 4.78 is 39.7. The zero-order valence-corrected chi connectivity index (χ0v) is 11.9. The number of halogens is 2. The van der Waals surface area contributed by atoms with E-state index in [-0.39, 0.29) is 17.1 Å². The summed E-state index contributed by atoms with van der Waals surface area (Å²) >= 11 is 5.81. The maximum atomic E-state index is 13.3. The Morgan fingerprint density at radius 3 is 2.60 bits per heavy atom. The van der Waals surface area contributed by atoms with Crippen LogP contribution in [0.2, 0.25) is 5.02 Å². The standard InChI is InChI=1S/C13H12ClFN2O2S/c14-10-3-1-2-9(6-10)8-17-20(18,19)11-4-5-13(16)12(15)7-11/h1-7,17H,8,16H2. The van der Waals surface area contributed by atoms with E-state index in [2.05, 4.69) is 4.72 Å². The molecule has 0 saturated carbocycles. The summed E-state index contributed by atoms with van der Waals surface area (Å²) in [5.74, 6) is -0.768. The van der Waals surface area contributed by atoms with Crippen molar-refractivity contribution in [2.75, 3.05) is 5.73 Å². The molecule has 0 heterocycles. The summed E-state index contributed by atoms with van der Waals surface area (Å²) in [6.45, 7) is 0.0644. The second-order valence-corrected chi connectivity index (χ2v) is 6.34. The molecule has 106 valence electrons. The lowest BCUT2D eigenvalue weighted by atomic mass is 10.2. The molecule has 0 fully saturated rings. The number of nitrogen functional groups attached to an aromatic ring is 1. The quantitative estimate of drug-likeness (QED) is 0.852. The minimum absolute atomic E-state index is 0.0644. The number of nitrogens with one attached hydrogen (secondary N) is 1. The molecule has 0 saturated heterocycles. The molecule has 2 aromatic rings. The highest BCUT2D eigenvalue weighted by molar-refractivity contribution is 7.89. The molecule has 0 spiro atoms. The monoisotopic (exact) mass is 314 g/mol. The maximum absolute atomic E-state index is 13.3. The summed E-state index contributed by atoms with van der Waals surface area (Å²) in [5, 5.41) is 0.514. The average molecular weight is 315 g/mol. The zero-order valence-electron chi connectivity index (χ0n) is 10.3. The van der Waals surface area contributed by atoms with Crippen molar-refractivity contribution in [3.05, 3.63) is 58.9 Å². The Morgan fingerprint density at radius 1 is 1.20 bits per heavy atom. The summed E-state index contributed by atoms with van der Waals surface area (Å²) in [4.78, 5) is -0.175. The molecule has 0 aliphatic heterocycles. The van der Waals surface area contributed by atoms with Crippen LogP contribution in [0.15, 0.2) is 47.4 Å². The van der Waals surface area contributed by atoms with Crippen molar-refractivity contribution in [3.63, 3.8) is 0 Å². The van der Waals surface area contributed by atoms with Gasteiger partial charge in [-0.2, -0.15) is 0 Å². The minimum Gasteiger partial charge on any atom is -0.396 e. The van der Waals surface area contributed by atoms with Crippen molar-refractivity contribution in [3.8, 4) is 0 Å². The zero-order chi connectivity index (χ0) is 14.8. The van der Waals surface area contributed by atoms with Crippen LogP contribution in [0.1, 0.15) is 5.56 Å². The molecule has 7 heteroatoms. The predicted octanol–water partition coefficient (Wildman–Crippen LogP) is 2.54. The van der Waals surface area contributed by atoms with E-state index >= 15 is 0 Å². The summed E-state index contributed by atoms with van der Waals surface area (Å²) in [6.07, 6.45) is 0. The molecule has 3 N–H and O–H groups in total. The van der Waals surface area contributed by atoms with Gasteiger partial charge in [0.05, 0.1) is 10.6 Å². The first kappa shape index (κ1) is 14.8. The van der Waals surface area contributed by atoms with Crippen molar-refractivity contribution in [2.45, 2.75) is 11.4 Å². The number of sulfonamides is 1. The van der Waals surface area contributed by atoms with Gasteiger partial charge in [-0.25, -0.2) is 17.5 Å². The lowest BCUT2D eigenvalue weighted by Gasteiger charge is -2.08. The van der Waals surface area contributed by atoms with E-state index < -0.39 is 15.8 Å². The molecular weight excluding hydrogens is 303 g/mol. The smallest absolute Gasteiger partial charge is 0.240 e. The average Bonchev–Trinajstić information content (AvgIpc) is 2.40. The number of hydrogen-bond donors (Lipinski definition) is 2. The van der Waals surface area contributed by atoms with Crippen LogP contribution in [-0.4, -0.2) is 8.42 Å². The largest absolute Gasteiger partial charge is 0.396 e. The molecule has 20 heavy (non-hydrogen) atoms. The van der Waals surface area contributed by atoms with Crippen LogP contribution in [0, 0.1) is 5.82 Å². The fraction of sp³-hybridized carbons (Fsp3) is 0.0769. The normalized spacial score (nSPS) is 11.5. The molecule has 2 rings (SSSR count). The number of anilines is 1. The third kappa shape index (κ3) is 3.47. The topological polar surface area (TPSA) is 72.2 Å². The van der Waals surface area contributed by atoms with Gasteiger partial charge in [0.25, 0.3) is 0 Å². The van der Waals surface area contributed by atoms with Gasteiger partial charge in [0.15, 0.2) is 0 Å². The first-order chi connectivity index (χ1) is 9.38. The van der Waals surface area contributed by atoms with Crippen LogP contribution in [0.5, 0.6) is 0 Å². The summed E-state index contributed by atoms with van der Waals surface area (Å²) in [7, 11) is -3.80. The van der Waals surface area contributed by atoms with Crippen molar-refractivity contribution in [1.29, 1.82) is 0 Å². The van der Waals surface area contributed by atoms with Crippen molar-refractivity contribution >= 4 is 27.3 Å². The fourth-order valence-electron chi connectivity index (χ4n) is 1.58. The van der Waals surface area contributed by atoms with Crippen LogP contribution in [0.25, 0.3) is 0 Å². The molecular formula is C13H12ClFN2O2S. The van der Waals surface area contributed by atoms with E-state index in [4.69, 9.17) is 17.3 Å². The molecule has 0 radical (unpaired) electrons. The van der Waals surface area contributed by atoms with E-state index in [1.165, 1.54) is 12.1 Å². The van der Waals surface area contributed by atoms with Gasteiger partial charge in [-0.1, -0.05) is 23.7 Å². The van der Waals surface area contributed by atoms with Crippen molar-refractivity contribution in [1.82, 2.24) is 4.72 Å². The first-order valence-corrected chi connectivity index (χ1v) is 7.54. The highest BCUT2D eigenvalue weighted by Gasteiger charge is 2.15. The van der Waals surface area contributed by atoms with Crippen LogP contribution < -0.4 is 10.5 Å². The number of hydrogen-bond acceptors (Lipinski definition) is 3. The Labute approximate surface area is 121 Å². The molecule has 0 amide bonds. The van der Waals surface area contributed by atoms with E-state index in [1.54, 1.807) is 24.3 Å². The Bertz CT molecular complexity index is 735. The molecule has 0 unspecified atom stereocenters. The highest BCUT2D eigenvalue weighted by Crippen LogP contribution is 2.17. The van der Waals surface area contributed by atoms with Crippen LogP contribution in [0.4, 0.5) is 10.1 Å². The Kier molecular flexibility index (Phi) is 4.27. The van der Waals surface area contributed by atoms with Gasteiger partial charge < -0.3 is 5.73 Å². The van der Waals surface area contributed by atoms with Gasteiger partial charge in [-0.3, -0.25) is 0 Å². The second-order valence-electron chi connectivity index (χ2n) is 4.14. The third-order valence-electron chi connectivity index (χ3n) is 2.64. The van der Waals surface area contributed by atoms with Gasteiger partial charge in [0, 0.05) is 11.6 Å². The number of benzene rings is 2. The molecule has 0 aliphatic rings. The lowest BCUT2D eigenvalue weighted by Crippen LogP contribution is -2.23. The van der Waals surface area contributed by atoms with Gasteiger partial charge in [-0.05, 0) is 35.9 Å². The molecule has 2 aromatic carbocycles. The Hall–Kier alpha value is -1.63. The van der Waals surface area contributed by atoms with Gasteiger partial charge in [0.1, 0.15) is 5.82 Å². The highest BCUT2D eigenvalue weighted by atomic mass is 35.5. The Balaban J connectivity index is 2.17. The molecule has 0 bridgehead atoms. The Morgan fingerprint density at radius 2 is 1.95 bits per heavy atom. The molecule has 4 nitrogen and oxygen atoms in total. The van der Waals surface area contributed by atoms with E-state index in [0.717, 1.165) is 6.07 Å². The maximum Gasteiger partial charge on any atom is 0.240 e.